The van der Waals surface area contributed by atoms with E-state index in [2.05, 4.69) is 4.98 Å². The number of phenols is 1. The number of carbonyl (C=O) groups is 2. The molecular weight excluding hydrogens is 415 g/mol. The van der Waals surface area contributed by atoms with Crippen LogP contribution in [0.3, 0.4) is 0 Å². The Morgan fingerprint density at radius 3 is 2.38 bits per heavy atom. The maximum atomic E-state index is 13.3. The second-order valence-electron chi connectivity index (χ2n) is 7.66. The van der Waals surface area contributed by atoms with Crippen LogP contribution in [0.1, 0.15) is 5.56 Å². The second kappa shape index (κ2) is 7.84. The summed E-state index contributed by atoms with van der Waals surface area (Å²) in [5.41, 5.74) is 1.23. The molecule has 0 saturated heterocycles. The highest BCUT2D eigenvalue weighted by Gasteiger charge is 2.28. The van der Waals surface area contributed by atoms with Crippen LogP contribution >= 0.6 is 0 Å². The van der Waals surface area contributed by atoms with Crippen LogP contribution in [0.25, 0.3) is 21.7 Å². The normalized spacial score (nSPS) is 11.1. The first-order valence-corrected chi connectivity index (χ1v) is 9.76. The fraction of sp³-hybridized carbons (Fsp3) is 0.174. The molecule has 0 atom stereocenters. The maximum absolute atomic E-state index is 13.3. The third kappa shape index (κ3) is 3.37. The van der Waals surface area contributed by atoms with E-state index < -0.39 is 11.8 Å². The molecule has 0 radical (unpaired) electrons. The van der Waals surface area contributed by atoms with Crippen molar-refractivity contribution in [3.05, 3.63) is 60.2 Å². The average molecular weight is 436 g/mol. The van der Waals surface area contributed by atoms with Crippen molar-refractivity contribution in [3.63, 3.8) is 0 Å². The summed E-state index contributed by atoms with van der Waals surface area (Å²) in [6.45, 7) is 0.192. The fourth-order valence-electron chi connectivity index (χ4n) is 3.71. The number of fused-ring (bicyclic) bond motifs is 2. The number of benzene rings is 2. The maximum Gasteiger partial charge on any atom is 0.316 e. The highest BCUT2D eigenvalue weighted by atomic mass is 19.1. The molecule has 2 N–H and O–H groups in total. The summed E-state index contributed by atoms with van der Waals surface area (Å²) in [6, 6.07) is 9.13. The number of nitrogens with zero attached hydrogens (tertiary/aromatic N) is 4. The molecule has 164 valence electrons. The molecule has 0 aliphatic rings. The minimum atomic E-state index is -0.780. The van der Waals surface area contributed by atoms with Crippen molar-refractivity contribution in [2.45, 2.75) is 6.54 Å². The Kier molecular flexibility index (Phi) is 5.17. The summed E-state index contributed by atoms with van der Waals surface area (Å²) in [6.07, 6.45) is 3.07. The Morgan fingerprint density at radius 2 is 1.72 bits per heavy atom. The molecule has 2 amide bonds. The van der Waals surface area contributed by atoms with Crippen LogP contribution in [-0.4, -0.2) is 57.6 Å². The van der Waals surface area contributed by atoms with Gasteiger partial charge in [-0.05, 0) is 29.8 Å². The Labute approximate surface area is 182 Å². The average Bonchev–Trinajstić information content (AvgIpc) is 3.10. The van der Waals surface area contributed by atoms with E-state index >= 15 is 0 Å². The molecule has 0 saturated carbocycles. The third-order valence-corrected chi connectivity index (χ3v) is 5.32. The number of pyridine rings is 1. The summed E-state index contributed by atoms with van der Waals surface area (Å²) >= 11 is 0. The van der Waals surface area contributed by atoms with Crippen molar-refractivity contribution >= 4 is 39.2 Å². The Bertz CT molecular complexity index is 1360. The fourth-order valence-corrected chi connectivity index (χ4v) is 3.71. The SMILES string of the molecule is CN(C)C(=O)C(=O)N(C)c1c2cccnc2c(O)c2c(O)n(Cc3ccc(F)cc3)cc12. The topological polar surface area (TPSA) is 98.9 Å². The van der Waals surface area contributed by atoms with Gasteiger partial charge in [-0.25, -0.2) is 4.39 Å². The zero-order valence-corrected chi connectivity index (χ0v) is 17.7. The zero-order chi connectivity index (χ0) is 23.2. The van der Waals surface area contributed by atoms with Gasteiger partial charge in [-0.1, -0.05) is 12.1 Å². The summed E-state index contributed by atoms with van der Waals surface area (Å²) in [7, 11) is 4.41. The highest BCUT2D eigenvalue weighted by Crippen LogP contribution is 2.46. The van der Waals surface area contributed by atoms with E-state index in [4.69, 9.17) is 0 Å². The van der Waals surface area contributed by atoms with Crippen molar-refractivity contribution in [3.8, 4) is 11.6 Å². The lowest BCUT2D eigenvalue weighted by atomic mass is 10.1. The van der Waals surface area contributed by atoms with Gasteiger partial charge in [0.2, 0.25) is 5.88 Å². The van der Waals surface area contributed by atoms with Crippen LogP contribution in [0.4, 0.5) is 10.1 Å². The minimum Gasteiger partial charge on any atom is -0.505 e. The van der Waals surface area contributed by atoms with Crippen LogP contribution in [-0.2, 0) is 16.1 Å². The van der Waals surface area contributed by atoms with Gasteiger partial charge in [0.15, 0.2) is 5.75 Å². The first kappa shape index (κ1) is 21.1. The van der Waals surface area contributed by atoms with Gasteiger partial charge in [0.05, 0.1) is 17.6 Å². The molecule has 8 nitrogen and oxygen atoms in total. The number of aromatic hydroxyl groups is 2. The number of phenolic OH excluding ortho intramolecular Hbond substituents is 1. The van der Waals surface area contributed by atoms with E-state index in [9.17, 15) is 24.2 Å². The monoisotopic (exact) mass is 436 g/mol. The standard InChI is InChI=1S/C23H21FN4O4/c1-26(2)22(31)23(32)27(3)19-15-5-4-10-25-18(15)20(29)17-16(19)12-28(21(17)30)11-13-6-8-14(24)9-7-13/h4-10,12,29-30H,11H2,1-3H3. The number of amides is 2. The molecule has 0 aliphatic heterocycles. The molecule has 0 spiro atoms. The van der Waals surface area contributed by atoms with Crippen LogP contribution in [0.5, 0.6) is 11.6 Å². The lowest BCUT2D eigenvalue weighted by Gasteiger charge is -2.22. The molecule has 2 aromatic heterocycles. The van der Waals surface area contributed by atoms with E-state index in [1.165, 1.54) is 53.8 Å². The number of hydrogen-bond donors (Lipinski definition) is 2. The zero-order valence-electron chi connectivity index (χ0n) is 17.7. The molecule has 0 fully saturated rings. The number of rotatable bonds is 3. The number of hydrogen-bond acceptors (Lipinski definition) is 5. The molecule has 2 heterocycles. The Balaban J connectivity index is 1.96. The van der Waals surface area contributed by atoms with E-state index in [0.717, 1.165) is 5.56 Å². The van der Waals surface area contributed by atoms with E-state index in [1.807, 2.05) is 0 Å². The molecular formula is C23H21FN4O4. The summed E-state index contributed by atoms with van der Waals surface area (Å²) in [5, 5.41) is 22.7. The van der Waals surface area contributed by atoms with Gasteiger partial charge in [0.1, 0.15) is 11.3 Å². The highest BCUT2D eigenvalue weighted by molar-refractivity contribution is 6.41. The van der Waals surface area contributed by atoms with Gasteiger partial charge in [-0.2, -0.15) is 0 Å². The molecule has 2 aromatic carbocycles. The molecule has 0 bridgehead atoms. The van der Waals surface area contributed by atoms with Crippen LogP contribution in [0, 0.1) is 5.82 Å². The van der Waals surface area contributed by atoms with E-state index in [0.29, 0.717) is 16.5 Å². The van der Waals surface area contributed by atoms with Gasteiger partial charge in [0.25, 0.3) is 0 Å². The van der Waals surface area contributed by atoms with Gasteiger partial charge >= 0.3 is 11.8 Å². The largest absolute Gasteiger partial charge is 0.505 e. The smallest absolute Gasteiger partial charge is 0.316 e. The lowest BCUT2D eigenvalue weighted by Crippen LogP contribution is -2.40. The molecule has 9 heteroatoms. The van der Waals surface area contributed by atoms with Gasteiger partial charge in [-0.3, -0.25) is 14.6 Å². The van der Waals surface area contributed by atoms with Crippen molar-refractivity contribution in [1.29, 1.82) is 0 Å². The number of anilines is 1. The number of likely N-dealkylation sites (N-methyl/N-ethyl adjacent to an activating group) is 2. The lowest BCUT2D eigenvalue weighted by molar-refractivity contribution is -0.142. The number of halogens is 1. The van der Waals surface area contributed by atoms with Gasteiger partial charge in [0, 0.05) is 44.3 Å². The third-order valence-electron chi connectivity index (χ3n) is 5.32. The second-order valence-corrected chi connectivity index (χ2v) is 7.66. The van der Waals surface area contributed by atoms with E-state index in [-0.39, 0.29) is 34.9 Å². The molecule has 0 aliphatic carbocycles. The summed E-state index contributed by atoms with van der Waals surface area (Å²) < 4.78 is 14.7. The first-order chi connectivity index (χ1) is 15.2. The van der Waals surface area contributed by atoms with Gasteiger partial charge in [-0.15, -0.1) is 0 Å². The van der Waals surface area contributed by atoms with Crippen molar-refractivity contribution in [2.24, 2.45) is 0 Å². The number of carbonyl (C=O) groups excluding carboxylic acids is 2. The minimum absolute atomic E-state index is 0.102. The van der Waals surface area contributed by atoms with Crippen LogP contribution in [0.15, 0.2) is 48.8 Å². The van der Waals surface area contributed by atoms with E-state index in [1.54, 1.807) is 30.5 Å². The molecule has 4 rings (SSSR count). The first-order valence-electron chi connectivity index (χ1n) is 9.76. The summed E-state index contributed by atoms with van der Waals surface area (Å²) in [5.74, 6) is -2.36. The van der Waals surface area contributed by atoms with Crippen molar-refractivity contribution < 1.29 is 24.2 Å². The molecule has 32 heavy (non-hydrogen) atoms. The van der Waals surface area contributed by atoms with Crippen molar-refractivity contribution in [1.82, 2.24) is 14.5 Å². The van der Waals surface area contributed by atoms with Crippen molar-refractivity contribution in [2.75, 3.05) is 26.0 Å². The predicted molar refractivity (Wildman–Crippen MR) is 118 cm³/mol. The van der Waals surface area contributed by atoms with Gasteiger partial charge < -0.3 is 24.6 Å². The molecule has 0 unspecified atom stereocenters. The van der Waals surface area contributed by atoms with Crippen LogP contribution < -0.4 is 4.90 Å². The Morgan fingerprint density at radius 1 is 1.03 bits per heavy atom. The number of aromatic nitrogens is 2. The summed E-state index contributed by atoms with van der Waals surface area (Å²) in [4.78, 5) is 31.7. The molecule has 4 aromatic rings. The predicted octanol–water partition coefficient (Wildman–Crippen LogP) is 2.84. The quantitative estimate of drug-likeness (QED) is 0.481. The van der Waals surface area contributed by atoms with Crippen LogP contribution in [0.2, 0.25) is 0 Å². The Hall–Kier alpha value is -4.14.